The number of hydrogen-bond acceptors (Lipinski definition) is 4. The summed E-state index contributed by atoms with van der Waals surface area (Å²) in [5.41, 5.74) is 3.04. The minimum atomic E-state index is -1.86. The van der Waals surface area contributed by atoms with E-state index in [4.69, 9.17) is 0 Å². The minimum Gasteiger partial charge on any atom is -0.375 e. The molecule has 0 radical (unpaired) electrons. The van der Waals surface area contributed by atoms with Crippen LogP contribution >= 0.6 is 43.6 Å². The summed E-state index contributed by atoms with van der Waals surface area (Å²) in [5, 5.41) is 3.25. The maximum absolute atomic E-state index is 2.85. The van der Waals surface area contributed by atoms with Crippen LogP contribution in [0.15, 0.2) is 22.0 Å². The highest BCUT2D eigenvalue weighted by molar-refractivity contribution is 14.3. The Morgan fingerprint density at radius 1 is 0.481 bits per heavy atom. The molecule has 1 rings (SSSR count). The van der Waals surface area contributed by atoms with E-state index in [0.717, 1.165) is 52.4 Å². The van der Waals surface area contributed by atoms with Gasteiger partial charge in [0.2, 0.25) is 0 Å². The van der Waals surface area contributed by atoms with Crippen molar-refractivity contribution >= 4 is 46.7 Å². The fourth-order valence-electron chi connectivity index (χ4n) is 4.09. The van der Waals surface area contributed by atoms with Gasteiger partial charge in [-0.1, -0.05) is 43.6 Å². The number of hydrogen-bond donors (Lipinski definition) is 0. The molecule has 0 saturated heterocycles. The highest BCUT2D eigenvalue weighted by Crippen LogP contribution is 2.51. The number of likely N-dealkylation sites (N-methyl/N-ethyl adjacent to an activating group) is 2. The van der Waals surface area contributed by atoms with Gasteiger partial charge in [-0.25, -0.2) is 0 Å². The second-order valence-corrected chi connectivity index (χ2v) is 24.7. The summed E-state index contributed by atoms with van der Waals surface area (Å²) in [5.74, 6) is 0. The van der Waals surface area contributed by atoms with E-state index in [2.05, 4.69) is 119 Å². The van der Waals surface area contributed by atoms with Crippen molar-refractivity contribution in [2.75, 3.05) is 52.4 Å². The van der Waals surface area contributed by atoms with Gasteiger partial charge in [0.1, 0.15) is 0 Å². The molecule has 0 saturated carbocycles. The van der Waals surface area contributed by atoms with Crippen LogP contribution in [0.2, 0.25) is 0 Å². The van der Waals surface area contributed by atoms with Gasteiger partial charge in [0, 0.05) is 52.4 Å². The van der Waals surface area contributed by atoms with Gasteiger partial charge in [-0.2, -0.15) is 0 Å². The number of halogens is 2. The third-order valence-corrected chi connectivity index (χ3v) is 14.0. The normalized spacial score (nSPS) is 16.2. The number of rotatable bonds is 12. The molecule has 0 spiro atoms. The van der Waals surface area contributed by atoms with Crippen LogP contribution in [0, 0.1) is 0 Å². The van der Waals surface area contributed by atoms with Crippen molar-refractivity contribution in [3.05, 3.63) is 22.0 Å². The molecule has 27 heavy (non-hydrogen) atoms. The van der Waals surface area contributed by atoms with E-state index in [1.807, 2.05) is 0 Å². The number of nitrogens with zero attached hydrogens (tertiary/aromatic N) is 4. The molecule has 0 aliphatic carbocycles. The van der Waals surface area contributed by atoms with E-state index in [0.29, 0.717) is 0 Å². The molecule has 0 atom stereocenters. The SMILES string of the molecule is CCN(CC)C1=C(N(CC)CC)[Si](I)(I)C(N(CC)CC)=C1N(CC)CC. The summed E-state index contributed by atoms with van der Waals surface area (Å²) in [6, 6.07) is 0. The first-order valence-corrected chi connectivity index (χ1v) is 18.9. The first kappa shape index (κ1) is 25.4. The fourth-order valence-corrected chi connectivity index (χ4v) is 14.0. The summed E-state index contributed by atoms with van der Waals surface area (Å²) in [6.07, 6.45) is 0. The summed E-state index contributed by atoms with van der Waals surface area (Å²) in [7, 11) is 0. The van der Waals surface area contributed by atoms with Crippen LogP contribution in [0.3, 0.4) is 0 Å². The Hall–Kier alpha value is 0.357. The molecule has 1 aliphatic heterocycles. The first-order chi connectivity index (χ1) is 12.8. The van der Waals surface area contributed by atoms with Gasteiger partial charge in [-0.3, -0.25) is 0 Å². The molecule has 0 aromatic carbocycles. The molecule has 0 aromatic heterocycles. The quantitative estimate of drug-likeness (QED) is 0.170. The molecule has 0 N–H and O–H groups in total. The maximum Gasteiger partial charge on any atom is 0.286 e. The van der Waals surface area contributed by atoms with Gasteiger partial charge in [0.25, 0.3) is 3.07 Å². The van der Waals surface area contributed by atoms with E-state index in [1.165, 1.54) is 11.4 Å². The topological polar surface area (TPSA) is 13.0 Å². The average molecular weight is 618 g/mol. The molecule has 0 amide bonds. The summed E-state index contributed by atoms with van der Waals surface area (Å²) in [6.45, 7) is 27.0. The minimum absolute atomic E-state index is 1.06. The van der Waals surface area contributed by atoms with Crippen LogP contribution in [0.25, 0.3) is 0 Å². The van der Waals surface area contributed by atoms with E-state index >= 15 is 0 Å². The second-order valence-electron chi connectivity index (χ2n) is 6.66. The smallest absolute Gasteiger partial charge is 0.286 e. The Morgan fingerprint density at radius 3 is 0.889 bits per heavy atom. The lowest BCUT2D eigenvalue weighted by atomic mass is 10.2. The molecule has 0 fully saturated rings. The van der Waals surface area contributed by atoms with Crippen LogP contribution in [-0.4, -0.2) is 75.0 Å². The fraction of sp³-hybridized carbons (Fsp3) is 0.800. The van der Waals surface area contributed by atoms with Crippen LogP contribution in [0.1, 0.15) is 55.4 Å². The lowest BCUT2D eigenvalue weighted by molar-refractivity contribution is 0.300. The largest absolute Gasteiger partial charge is 0.375 e. The van der Waals surface area contributed by atoms with Crippen molar-refractivity contribution in [3.8, 4) is 0 Å². The van der Waals surface area contributed by atoms with Crippen LogP contribution in [0.4, 0.5) is 0 Å². The van der Waals surface area contributed by atoms with E-state index < -0.39 is 3.07 Å². The molecule has 0 aromatic rings. The molecule has 4 nitrogen and oxygen atoms in total. The van der Waals surface area contributed by atoms with Crippen molar-refractivity contribution in [1.82, 2.24) is 19.6 Å². The lowest BCUT2D eigenvalue weighted by Gasteiger charge is -2.35. The Morgan fingerprint density at radius 2 is 0.704 bits per heavy atom. The second kappa shape index (κ2) is 11.5. The van der Waals surface area contributed by atoms with Gasteiger partial charge in [0.05, 0.1) is 22.0 Å². The van der Waals surface area contributed by atoms with Gasteiger partial charge in [0.15, 0.2) is 0 Å². The Bertz CT molecular complexity index is 486. The Kier molecular flexibility index (Phi) is 10.8. The van der Waals surface area contributed by atoms with Crippen LogP contribution in [-0.2, 0) is 0 Å². The first-order valence-electron chi connectivity index (χ1n) is 10.7. The third-order valence-electron chi connectivity index (χ3n) is 5.59. The van der Waals surface area contributed by atoms with Gasteiger partial charge in [-0.05, 0) is 55.4 Å². The zero-order chi connectivity index (χ0) is 20.8. The summed E-state index contributed by atoms with van der Waals surface area (Å²) < 4.78 is -1.86. The molecule has 1 aliphatic rings. The zero-order valence-corrected chi connectivity index (χ0v) is 24.0. The van der Waals surface area contributed by atoms with E-state index in [9.17, 15) is 0 Å². The van der Waals surface area contributed by atoms with Crippen LogP contribution < -0.4 is 0 Å². The Balaban J connectivity index is 3.91. The molecule has 7 heteroatoms. The average Bonchev–Trinajstić information content (AvgIpc) is 2.89. The van der Waals surface area contributed by atoms with Gasteiger partial charge in [-0.15, -0.1) is 0 Å². The standard InChI is InChI=1S/C20H40I2N4Si/c1-9-23(10-2)17-18(24(11-3)12-4)20(26(15-7)16-8)27(21,22)19(17)25(13-5)14-6/h9-16H2,1-8H3. The monoisotopic (exact) mass is 618 g/mol. The molecule has 158 valence electrons. The molecule has 1 heterocycles. The summed E-state index contributed by atoms with van der Waals surface area (Å²) in [4.78, 5) is 10.5. The lowest BCUT2D eigenvalue weighted by Crippen LogP contribution is -2.42. The van der Waals surface area contributed by atoms with Crippen molar-refractivity contribution in [1.29, 1.82) is 0 Å². The van der Waals surface area contributed by atoms with Crippen molar-refractivity contribution in [2.24, 2.45) is 0 Å². The highest BCUT2D eigenvalue weighted by Gasteiger charge is 2.52. The van der Waals surface area contributed by atoms with Crippen molar-refractivity contribution in [3.63, 3.8) is 0 Å². The predicted octanol–water partition coefficient (Wildman–Crippen LogP) is 5.18. The van der Waals surface area contributed by atoms with Crippen molar-refractivity contribution in [2.45, 2.75) is 55.4 Å². The molecule has 0 unspecified atom stereocenters. The van der Waals surface area contributed by atoms with E-state index in [1.54, 1.807) is 10.6 Å². The van der Waals surface area contributed by atoms with Crippen molar-refractivity contribution < 1.29 is 0 Å². The molecular formula is C20H40I2N4Si. The third kappa shape index (κ3) is 4.92. The molecule has 0 bridgehead atoms. The van der Waals surface area contributed by atoms with Gasteiger partial charge < -0.3 is 19.6 Å². The summed E-state index contributed by atoms with van der Waals surface area (Å²) >= 11 is 5.70. The van der Waals surface area contributed by atoms with E-state index in [-0.39, 0.29) is 0 Å². The Labute approximate surface area is 194 Å². The van der Waals surface area contributed by atoms with Crippen LogP contribution in [0.5, 0.6) is 0 Å². The predicted molar refractivity (Wildman–Crippen MR) is 140 cm³/mol. The highest BCUT2D eigenvalue weighted by atomic mass is 127. The molecular weight excluding hydrogens is 578 g/mol. The maximum atomic E-state index is 2.85. The zero-order valence-electron chi connectivity index (χ0n) is 18.7. The van der Waals surface area contributed by atoms with Gasteiger partial charge >= 0.3 is 0 Å².